The maximum absolute atomic E-state index is 11.2. The number of ketones is 1. The first-order chi connectivity index (χ1) is 8.59. The first-order valence-corrected chi connectivity index (χ1v) is 6.50. The maximum atomic E-state index is 11.2. The molecule has 1 heterocycles. The summed E-state index contributed by atoms with van der Waals surface area (Å²) in [6.45, 7) is 4.02. The number of hydrogen-bond donors (Lipinski definition) is 0. The van der Waals surface area contributed by atoms with Gasteiger partial charge in [-0.25, -0.2) is 0 Å². The van der Waals surface area contributed by atoms with Gasteiger partial charge in [0, 0.05) is 20.1 Å². The summed E-state index contributed by atoms with van der Waals surface area (Å²) in [5, 5.41) is 0. The van der Waals surface area contributed by atoms with Crippen LogP contribution in [0.1, 0.15) is 46.0 Å². The van der Waals surface area contributed by atoms with E-state index in [-0.39, 0.29) is 12.1 Å². The van der Waals surface area contributed by atoms with Crippen molar-refractivity contribution in [1.29, 1.82) is 0 Å². The van der Waals surface area contributed by atoms with E-state index in [0.29, 0.717) is 19.4 Å². The van der Waals surface area contributed by atoms with Crippen LogP contribution in [0.4, 0.5) is 0 Å². The molecule has 1 aliphatic rings. The molecule has 1 saturated heterocycles. The Hall–Kier alpha value is -0.940. The minimum absolute atomic E-state index is 0.108. The Labute approximate surface area is 108 Å². The van der Waals surface area contributed by atoms with Gasteiger partial charge in [-0.2, -0.15) is 0 Å². The molecule has 0 spiro atoms. The van der Waals surface area contributed by atoms with Gasteiger partial charge < -0.3 is 14.2 Å². The van der Waals surface area contributed by atoms with Gasteiger partial charge in [-0.15, -0.1) is 0 Å². The van der Waals surface area contributed by atoms with E-state index in [9.17, 15) is 9.59 Å². The average Bonchev–Trinajstić information content (AvgIpc) is 2.33. The average molecular weight is 258 g/mol. The standard InChI is InChI=1S/C13H22O5/c1-10(14)12(18-11(2)15)6-5-9-17-13-7-3-4-8-16-13/h12-13H,3-9H2,1-2H3. The number of carbonyl (C=O) groups is 2. The van der Waals surface area contributed by atoms with Crippen LogP contribution in [-0.4, -0.2) is 37.4 Å². The Morgan fingerprint density at radius 2 is 2.11 bits per heavy atom. The molecule has 1 rings (SSSR count). The molecule has 0 aromatic rings. The van der Waals surface area contributed by atoms with Gasteiger partial charge >= 0.3 is 5.97 Å². The van der Waals surface area contributed by atoms with Crippen molar-refractivity contribution >= 4 is 11.8 Å². The molecule has 0 radical (unpaired) electrons. The molecule has 0 saturated carbocycles. The number of rotatable bonds is 7. The monoisotopic (exact) mass is 258 g/mol. The molecule has 104 valence electrons. The van der Waals surface area contributed by atoms with Gasteiger partial charge in [0.05, 0.1) is 0 Å². The van der Waals surface area contributed by atoms with E-state index in [2.05, 4.69) is 0 Å². The molecule has 1 aliphatic heterocycles. The van der Waals surface area contributed by atoms with Crippen LogP contribution in [-0.2, 0) is 23.8 Å². The maximum Gasteiger partial charge on any atom is 0.303 e. The van der Waals surface area contributed by atoms with Crippen LogP contribution < -0.4 is 0 Å². The number of ether oxygens (including phenoxy) is 3. The van der Waals surface area contributed by atoms with E-state index in [1.54, 1.807) is 0 Å². The molecule has 18 heavy (non-hydrogen) atoms. The molecule has 5 nitrogen and oxygen atoms in total. The van der Waals surface area contributed by atoms with Crippen LogP contribution in [0.2, 0.25) is 0 Å². The molecule has 0 aromatic carbocycles. The topological polar surface area (TPSA) is 61.8 Å². The summed E-state index contributed by atoms with van der Waals surface area (Å²) in [4.78, 5) is 22.0. The SMILES string of the molecule is CC(=O)OC(CCCOC1CCCCO1)C(C)=O. The fourth-order valence-electron chi connectivity index (χ4n) is 1.87. The highest BCUT2D eigenvalue weighted by Gasteiger charge is 2.18. The highest BCUT2D eigenvalue weighted by molar-refractivity contribution is 5.82. The highest BCUT2D eigenvalue weighted by Crippen LogP contribution is 2.14. The highest BCUT2D eigenvalue weighted by atomic mass is 16.7. The lowest BCUT2D eigenvalue weighted by Gasteiger charge is -2.23. The normalized spacial score (nSPS) is 21.3. The van der Waals surface area contributed by atoms with Crippen LogP contribution >= 0.6 is 0 Å². The molecule has 0 aliphatic carbocycles. The number of esters is 1. The summed E-state index contributed by atoms with van der Waals surface area (Å²) in [7, 11) is 0. The van der Waals surface area contributed by atoms with Crippen molar-refractivity contribution in [3.05, 3.63) is 0 Å². The summed E-state index contributed by atoms with van der Waals surface area (Å²) < 4.78 is 15.9. The number of Topliss-reactive ketones (excluding diaryl/α,β-unsaturated/α-hetero) is 1. The first kappa shape index (κ1) is 15.1. The van der Waals surface area contributed by atoms with Crippen molar-refractivity contribution in [2.45, 2.75) is 58.3 Å². The molecule has 2 unspecified atom stereocenters. The van der Waals surface area contributed by atoms with Crippen LogP contribution in [0.15, 0.2) is 0 Å². The number of hydrogen-bond acceptors (Lipinski definition) is 5. The third kappa shape index (κ3) is 6.12. The van der Waals surface area contributed by atoms with Gasteiger partial charge in [0.1, 0.15) is 0 Å². The van der Waals surface area contributed by atoms with E-state index in [0.717, 1.165) is 25.9 Å². The van der Waals surface area contributed by atoms with Crippen LogP contribution in [0.5, 0.6) is 0 Å². The second-order valence-corrected chi connectivity index (χ2v) is 4.52. The molecule has 0 amide bonds. The van der Waals surface area contributed by atoms with Crippen molar-refractivity contribution in [2.75, 3.05) is 13.2 Å². The predicted octanol–water partition coefficient (Wildman–Crippen LogP) is 1.83. The van der Waals surface area contributed by atoms with Crippen LogP contribution in [0, 0.1) is 0 Å². The summed E-state index contributed by atoms with van der Waals surface area (Å²) in [6.07, 6.45) is 3.59. The van der Waals surface area contributed by atoms with Gasteiger partial charge in [0.25, 0.3) is 0 Å². The van der Waals surface area contributed by atoms with Crippen molar-refractivity contribution in [2.24, 2.45) is 0 Å². The van der Waals surface area contributed by atoms with E-state index in [4.69, 9.17) is 14.2 Å². The van der Waals surface area contributed by atoms with Crippen LogP contribution in [0.25, 0.3) is 0 Å². The summed E-state index contributed by atoms with van der Waals surface area (Å²) in [5.41, 5.74) is 0. The van der Waals surface area contributed by atoms with E-state index >= 15 is 0 Å². The lowest BCUT2D eigenvalue weighted by atomic mass is 10.1. The second-order valence-electron chi connectivity index (χ2n) is 4.52. The van der Waals surface area contributed by atoms with E-state index < -0.39 is 12.1 Å². The second kappa shape index (κ2) is 8.21. The zero-order valence-electron chi connectivity index (χ0n) is 11.1. The van der Waals surface area contributed by atoms with Crippen LogP contribution in [0.3, 0.4) is 0 Å². The predicted molar refractivity (Wildman–Crippen MR) is 65.0 cm³/mol. The molecule has 0 N–H and O–H groups in total. The summed E-state index contributed by atoms with van der Waals surface area (Å²) in [5.74, 6) is -0.550. The molecule has 0 bridgehead atoms. The molecular formula is C13H22O5. The van der Waals surface area contributed by atoms with Crippen molar-refractivity contribution in [3.8, 4) is 0 Å². The quantitative estimate of drug-likeness (QED) is 0.515. The Balaban J connectivity index is 2.13. The van der Waals surface area contributed by atoms with Gasteiger partial charge in [-0.05, 0) is 39.0 Å². The molecule has 1 fully saturated rings. The zero-order valence-corrected chi connectivity index (χ0v) is 11.1. The minimum atomic E-state index is -0.640. The smallest absolute Gasteiger partial charge is 0.303 e. The largest absolute Gasteiger partial charge is 0.455 e. The Morgan fingerprint density at radius 3 is 2.67 bits per heavy atom. The van der Waals surface area contributed by atoms with Crippen molar-refractivity contribution in [1.82, 2.24) is 0 Å². The van der Waals surface area contributed by atoms with E-state index in [1.807, 2.05) is 0 Å². The fraction of sp³-hybridized carbons (Fsp3) is 0.846. The molecule has 0 aromatic heterocycles. The Bertz CT molecular complexity index is 271. The number of carbonyl (C=O) groups excluding carboxylic acids is 2. The molecule has 5 heteroatoms. The van der Waals surface area contributed by atoms with Gasteiger partial charge in [0.15, 0.2) is 18.2 Å². The van der Waals surface area contributed by atoms with E-state index in [1.165, 1.54) is 13.8 Å². The zero-order chi connectivity index (χ0) is 13.4. The third-order valence-corrected chi connectivity index (χ3v) is 2.81. The van der Waals surface area contributed by atoms with Gasteiger partial charge in [-0.3, -0.25) is 9.59 Å². The molecular weight excluding hydrogens is 236 g/mol. The van der Waals surface area contributed by atoms with Crippen molar-refractivity contribution < 1.29 is 23.8 Å². The Kier molecular flexibility index (Phi) is 6.90. The first-order valence-electron chi connectivity index (χ1n) is 6.50. The van der Waals surface area contributed by atoms with Crippen molar-refractivity contribution in [3.63, 3.8) is 0 Å². The third-order valence-electron chi connectivity index (χ3n) is 2.81. The Morgan fingerprint density at radius 1 is 1.33 bits per heavy atom. The summed E-state index contributed by atoms with van der Waals surface area (Å²) >= 11 is 0. The summed E-state index contributed by atoms with van der Waals surface area (Å²) in [6, 6.07) is 0. The lowest BCUT2D eigenvalue weighted by molar-refractivity contribution is -0.165. The minimum Gasteiger partial charge on any atom is -0.455 e. The fourth-order valence-corrected chi connectivity index (χ4v) is 1.87. The molecule has 2 atom stereocenters. The lowest BCUT2D eigenvalue weighted by Crippen LogP contribution is -2.26. The van der Waals surface area contributed by atoms with Gasteiger partial charge in [-0.1, -0.05) is 0 Å². The van der Waals surface area contributed by atoms with Gasteiger partial charge in [0.2, 0.25) is 0 Å².